The Morgan fingerprint density at radius 2 is 2.33 bits per heavy atom. The summed E-state index contributed by atoms with van der Waals surface area (Å²) in [6, 6.07) is 0. The summed E-state index contributed by atoms with van der Waals surface area (Å²) in [6.45, 7) is 2.77. The van der Waals surface area contributed by atoms with Gasteiger partial charge in [-0.05, 0) is 19.9 Å². The van der Waals surface area contributed by atoms with Crippen LogP contribution in [0.15, 0.2) is 0 Å². The van der Waals surface area contributed by atoms with Crippen LogP contribution in [0.1, 0.15) is 13.3 Å². The average molecular weight is 129 g/mol. The van der Waals surface area contributed by atoms with Gasteiger partial charge in [0.15, 0.2) is 0 Å². The topological polar surface area (TPSA) is 38.3 Å². The van der Waals surface area contributed by atoms with Crippen LogP contribution in [0.4, 0.5) is 0 Å². The second-order valence-corrected chi connectivity index (χ2v) is 2.50. The monoisotopic (exact) mass is 129 g/mol. The van der Waals surface area contributed by atoms with Crippen molar-refractivity contribution in [2.24, 2.45) is 0 Å². The first-order chi connectivity index (χ1) is 4.19. The Labute approximate surface area is 54.4 Å². The molecule has 52 valence electrons. The Morgan fingerprint density at radius 3 is 2.44 bits per heavy atom. The molecule has 1 fully saturated rings. The first-order valence-electron chi connectivity index (χ1n) is 3.02. The lowest BCUT2D eigenvalue weighted by molar-refractivity contribution is -0.150. The summed E-state index contributed by atoms with van der Waals surface area (Å²) in [4.78, 5) is 10.8. The highest BCUT2D eigenvalue weighted by molar-refractivity contribution is 5.81. The number of esters is 1. The van der Waals surface area contributed by atoms with E-state index in [1.807, 2.05) is 6.92 Å². The highest BCUT2D eigenvalue weighted by atomic mass is 16.5. The van der Waals surface area contributed by atoms with Crippen molar-refractivity contribution in [3.05, 3.63) is 0 Å². The zero-order valence-corrected chi connectivity index (χ0v) is 5.73. The minimum absolute atomic E-state index is 0.159. The fourth-order valence-electron chi connectivity index (χ4n) is 0.899. The fraction of sp³-hybridized carbons (Fsp3) is 0.833. The van der Waals surface area contributed by atoms with E-state index >= 15 is 0 Å². The standard InChI is InChI=1S/C6H11NO2/c1-6(3-4-7-6)5(8)9-2/h7H,3-4H2,1-2H3. The molecular formula is C6H11NO2. The summed E-state index contributed by atoms with van der Waals surface area (Å²) in [6.07, 6.45) is 0.889. The molecule has 1 aliphatic heterocycles. The van der Waals surface area contributed by atoms with Gasteiger partial charge in [-0.1, -0.05) is 0 Å². The number of ether oxygens (including phenoxy) is 1. The molecule has 1 atom stereocenters. The summed E-state index contributed by atoms with van der Waals surface area (Å²) in [5.74, 6) is -0.159. The number of carbonyl (C=O) groups is 1. The van der Waals surface area contributed by atoms with E-state index in [4.69, 9.17) is 0 Å². The Morgan fingerprint density at radius 1 is 1.78 bits per heavy atom. The smallest absolute Gasteiger partial charge is 0.325 e. The van der Waals surface area contributed by atoms with Gasteiger partial charge in [-0.3, -0.25) is 4.79 Å². The molecule has 1 saturated heterocycles. The van der Waals surface area contributed by atoms with E-state index in [-0.39, 0.29) is 11.5 Å². The van der Waals surface area contributed by atoms with Crippen molar-refractivity contribution in [1.82, 2.24) is 5.32 Å². The normalized spacial score (nSPS) is 33.1. The van der Waals surface area contributed by atoms with Gasteiger partial charge in [0.2, 0.25) is 0 Å². The van der Waals surface area contributed by atoms with E-state index < -0.39 is 0 Å². The van der Waals surface area contributed by atoms with E-state index in [1.54, 1.807) is 0 Å². The number of rotatable bonds is 1. The van der Waals surface area contributed by atoms with Crippen LogP contribution < -0.4 is 5.32 Å². The highest BCUT2D eigenvalue weighted by Crippen LogP contribution is 2.18. The molecule has 0 aliphatic carbocycles. The van der Waals surface area contributed by atoms with Crippen molar-refractivity contribution < 1.29 is 9.53 Å². The molecule has 1 rings (SSSR count). The van der Waals surface area contributed by atoms with E-state index in [9.17, 15) is 4.79 Å². The van der Waals surface area contributed by atoms with Gasteiger partial charge in [-0.15, -0.1) is 0 Å². The van der Waals surface area contributed by atoms with Crippen molar-refractivity contribution in [3.63, 3.8) is 0 Å². The molecule has 3 heteroatoms. The molecule has 0 spiro atoms. The first kappa shape index (κ1) is 6.55. The molecule has 0 bridgehead atoms. The number of carbonyl (C=O) groups excluding carboxylic acids is 1. The second kappa shape index (κ2) is 1.99. The molecule has 0 saturated carbocycles. The second-order valence-electron chi connectivity index (χ2n) is 2.50. The quantitative estimate of drug-likeness (QED) is 0.503. The maximum atomic E-state index is 10.8. The predicted octanol–water partition coefficient (Wildman–Crippen LogP) is -0.0886. The first-order valence-corrected chi connectivity index (χ1v) is 3.02. The van der Waals surface area contributed by atoms with E-state index in [2.05, 4.69) is 10.1 Å². The van der Waals surface area contributed by atoms with Gasteiger partial charge in [0, 0.05) is 0 Å². The number of hydrogen-bond donors (Lipinski definition) is 1. The molecule has 1 heterocycles. The van der Waals surface area contributed by atoms with Gasteiger partial charge in [-0.25, -0.2) is 0 Å². The maximum absolute atomic E-state index is 10.8. The van der Waals surface area contributed by atoms with Crippen LogP contribution in [0.2, 0.25) is 0 Å². The third-order valence-corrected chi connectivity index (χ3v) is 1.78. The van der Waals surface area contributed by atoms with Crippen LogP contribution in [-0.4, -0.2) is 25.2 Å². The Hall–Kier alpha value is -0.570. The third kappa shape index (κ3) is 0.920. The Balaban J connectivity index is 2.49. The molecule has 3 nitrogen and oxygen atoms in total. The lowest BCUT2D eigenvalue weighted by atomic mass is 9.91. The molecule has 9 heavy (non-hydrogen) atoms. The summed E-state index contributed by atoms with van der Waals surface area (Å²) < 4.78 is 4.56. The molecule has 1 N–H and O–H groups in total. The number of nitrogens with one attached hydrogen (secondary N) is 1. The molecule has 1 unspecified atom stereocenters. The van der Waals surface area contributed by atoms with Crippen LogP contribution >= 0.6 is 0 Å². The molecule has 0 amide bonds. The largest absolute Gasteiger partial charge is 0.468 e. The summed E-state index contributed by atoms with van der Waals surface area (Å²) in [5.41, 5.74) is -0.380. The van der Waals surface area contributed by atoms with Gasteiger partial charge in [0.1, 0.15) is 5.54 Å². The molecule has 0 aromatic heterocycles. The van der Waals surface area contributed by atoms with Gasteiger partial charge >= 0.3 is 5.97 Å². The minimum atomic E-state index is -0.380. The maximum Gasteiger partial charge on any atom is 0.325 e. The fourth-order valence-corrected chi connectivity index (χ4v) is 0.899. The van der Waals surface area contributed by atoms with Gasteiger partial charge in [0.25, 0.3) is 0 Å². The van der Waals surface area contributed by atoms with Gasteiger partial charge < -0.3 is 10.1 Å². The van der Waals surface area contributed by atoms with Crippen LogP contribution in [-0.2, 0) is 9.53 Å². The van der Waals surface area contributed by atoms with E-state index in [0.717, 1.165) is 13.0 Å². The van der Waals surface area contributed by atoms with Crippen LogP contribution in [0.25, 0.3) is 0 Å². The van der Waals surface area contributed by atoms with E-state index in [0.29, 0.717) is 0 Å². The van der Waals surface area contributed by atoms with Gasteiger partial charge in [-0.2, -0.15) is 0 Å². The molecule has 0 radical (unpaired) electrons. The SMILES string of the molecule is COC(=O)C1(C)CCN1. The average Bonchev–Trinajstić information content (AvgIpc) is 1.81. The molecule has 0 aromatic carbocycles. The van der Waals surface area contributed by atoms with Gasteiger partial charge in [0.05, 0.1) is 7.11 Å². The lowest BCUT2D eigenvalue weighted by Gasteiger charge is -2.36. The summed E-state index contributed by atoms with van der Waals surface area (Å²) in [5, 5.41) is 3.00. The third-order valence-electron chi connectivity index (χ3n) is 1.78. The van der Waals surface area contributed by atoms with E-state index in [1.165, 1.54) is 7.11 Å². The zero-order chi connectivity index (χ0) is 6.91. The lowest BCUT2D eigenvalue weighted by Crippen LogP contribution is -2.60. The minimum Gasteiger partial charge on any atom is -0.468 e. The summed E-state index contributed by atoms with van der Waals surface area (Å²) in [7, 11) is 1.41. The van der Waals surface area contributed by atoms with Crippen molar-refractivity contribution >= 4 is 5.97 Å². The zero-order valence-electron chi connectivity index (χ0n) is 5.73. The van der Waals surface area contributed by atoms with Crippen LogP contribution in [0, 0.1) is 0 Å². The predicted molar refractivity (Wildman–Crippen MR) is 33.0 cm³/mol. The van der Waals surface area contributed by atoms with Crippen molar-refractivity contribution in [3.8, 4) is 0 Å². The van der Waals surface area contributed by atoms with Crippen molar-refractivity contribution in [2.75, 3.05) is 13.7 Å². The molecule has 0 aromatic rings. The Kier molecular flexibility index (Phi) is 1.45. The van der Waals surface area contributed by atoms with Crippen molar-refractivity contribution in [2.45, 2.75) is 18.9 Å². The highest BCUT2D eigenvalue weighted by Gasteiger charge is 2.39. The molecule has 1 aliphatic rings. The van der Waals surface area contributed by atoms with Crippen molar-refractivity contribution in [1.29, 1.82) is 0 Å². The summed E-state index contributed by atoms with van der Waals surface area (Å²) >= 11 is 0. The van der Waals surface area contributed by atoms with Crippen LogP contribution in [0.3, 0.4) is 0 Å². The number of methoxy groups -OCH3 is 1. The number of hydrogen-bond acceptors (Lipinski definition) is 3. The molecular weight excluding hydrogens is 118 g/mol. The Bertz CT molecular complexity index is 129. The van der Waals surface area contributed by atoms with Crippen LogP contribution in [0.5, 0.6) is 0 Å².